The van der Waals surface area contributed by atoms with Gasteiger partial charge in [-0.2, -0.15) is 0 Å². The van der Waals surface area contributed by atoms with Gasteiger partial charge in [0.15, 0.2) is 6.10 Å². The highest BCUT2D eigenvalue weighted by atomic mass is 16.6. The summed E-state index contributed by atoms with van der Waals surface area (Å²) < 4.78 is 16.7. The van der Waals surface area contributed by atoms with E-state index in [-0.39, 0.29) is 37.5 Å². The highest BCUT2D eigenvalue weighted by Crippen LogP contribution is 2.13. The highest BCUT2D eigenvalue weighted by molar-refractivity contribution is 5.71. The second kappa shape index (κ2) is 49.2. The third-order valence-electron chi connectivity index (χ3n) is 10.5. The van der Waals surface area contributed by atoms with Crippen LogP contribution < -0.4 is 0 Å². The second-order valence-corrected chi connectivity index (χ2v) is 16.5. The van der Waals surface area contributed by atoms with E-state index in [0.717, 1.165) is 96.3 Å². The van der Waals surface area contributed by atoms with Crippen molar-refractivity contribution >= 4 is 17.9 Å². The number of hydrogen-bond donors (Lipinski definition) is 0. The molecule has 0 aromatic rings. The molecule has 0 N–H and O–H groups in total. The molecule has 6 nitrogen and oxygen atoms in total. The van der Waals surface area contributed by atoms with E-state index < -0.39 is 6.10 Å². The van der Waals surface area contributed by atoms with Crippen LogP contribution in [0.25, 0.3) is 0 Å². The summed E-state index contributed by atoms with van der Waals surface area (Å²) in [5.74, 6) is -0.953. The average Bonchev–Trinajstić information content (AvgIpc) is 3.26. The van der Waals surface area contributed by atoms with Crippen molar-refractivity contribution in [3.05, 3.63) is 85.1 Å². The van der Waals surface area contributed by atoms with E-state index in [1.165, 1.54) is 89.9 Å². The molecular formula is C55H92O6. The number of carbonyl (C=O) groups excluding carboxylic acids is 3. The Kier molecular flexibility index (Phi) is 46.5. The maximum atomic E-state index is 12.8. The predicted molar refractivity (Wildman–Crippen MR) is 261 cm³/mol. The molecule has 0 amide bonds. The monoisotopic (exact) mass is 849 g/mol. The third kappa shape index (κ3) is 47.5. The summed E-state index contributed by atoms with van der Waals surface area (Å²) >= 11 is 0. The van der Waals surface area contributed by atoms with Gasteiger partial charge in [-0.3, -0.25) is 14.4 Å². The zero-order chi connectivity index (χ0) is 44.4. The summed E-state index contributed by atoms with van der Waals surface area (Å²) in [4.78, 5) is 37.8. The highest BCUT2D eigenvalue weighted by Gasteiger charge is 2.19. The van der Waals surface area contributed by atoms with Crippen LogP contribution in [0.1, 0.15) is 226 Å². The maximum absolute atomic E-state index is 12.8. The van der Waals surface area contributed by atoms with E-state index in [4.69, 9.17) is 14.2 Å². The zero-order valence-electron chi connectivity index (χ0n) is 39.7. The summed E-state index contributed by atoms with van der Waals surface area (Å²) in [6.07, 6.45) is 62.8. The van der Waals surface area contributed by atoms with Crippen molar-refractivity contribution in [3.8, 4) is 0 Å². The minimum atomic E-state index is -0.798. The van der Waals surface area contributed by atoms with Crippen molar-refractivity contribution in [3.63, 3.8) is 0 Å². The molecule has 0 aromatic heterocycles. The molecule has 0 aliphatic rings. The Morgan fingerprint density at radius 3 is 1.02 bits per heavy atom. The largest absolute Gasteiger partial charge is 0.462 e. The van der Waals surface area contributed by atoms with Crippen LogP contribution >= 0.6 is 0 Å². The van der Waals surface area contributed by atoms with E-state index in [2.05, 4.69) is 81.5 Å². The molecule has 0 aliphatic heterocycles. The summed E-state index contributed by atoms with van der Waals surface area (Å²) in [7, 11) is 0. The van der Waals surface area contributed by atoms with Crippen LogP contribution in [0, 0.1) is 0 Å². The molecule has 0 radical (unpaired) electrons. The molecule has 0 saturated carbocycles. The normalized spacial score (nSPS) is 12.8. The Balaban J connectivity index is 4.45. The van der Waals surface area contributed by atoms with Gasteiger partial charge >= 0.3 is 17.9 Å². The molecule has 0 saturated heterocycles. The Hall–Kier alpha value is -3.41. The lowest BCUT2D eigenvalue weighted by Gasteiger charge is -2.18. The van der Waals surface area contributed by atoms with Crippen molar-refractivity contribution in [2.45, 2.75) is 232 Å². The van der Waals surface area contributed by atoms with Crippen LogP contribution in [0.15, 0.2) is 85.1 Å². The number of ether oxygens (including phenoxy) is 3. The second-order valence-electron chi connectivity index (χ2n) is 16.5. The van der Waals surface area contributed by atoms with Gasteiger partial charge in [-0.05, 0) is 64.2 Å². The Morgan fingerprint density at radius 2 is 0.623 bits per heavy atom. The fraction of sp³-hybridized carbons (Fsp3) is 0.691. The van der Waals surface area contributed by atoms with Gasteiger partial charge in [0.05, 0.1) is 0 Å². The van der Waals surface area contributed by atoms with E-state index in [9.17, 15) is 14.4 Å². The van der Waals surface area contributed by atoms with Crippen LogP contribution in [-0.2, 0) is 28.6 Å². The molecule has 61 heavy (non-hydrogen) atoms. The number of allylic oxidation sites excluding steroid dienone is 14. The first-order chi connectivity index (χ1) is 30.0. The third-order valence-corrected chi connectivity index (χ3v) is 10.5. The van der Waals surface area contributed by atoms with Crippen molar-refractivity contribution in [2.75, 3.05) is 13.2 Å². The molecule has 348 valence electrons. The number of carbonyl (C=O) groups is 3. The minimum absolute atomic E-state index is 0.0954. The molecule has 6 heteroatoms. The van der Waals surface area contributed by atoms with Crippen LogP contribution in [-0.4, -0.2) is 37.2 Å². The first-order valence-corrected chi connectivity index (χ1v) is 25.2. The summed E-state index contributed by atoms with van der Waals surface area (Å²) in [5, 5.41) is 0. The quantitative estimate of drug-likeness (QED) is 0.0263. The van der Waals surface area contributed by atoms with E-state index in [1.54, 1.807) is 0 Å². The fourth-order valence-electron chi connectivity index (χ4n) is 6.70. The lowest BCUT2D eigenvalue weighted by molar-refractivity contribution is -0.167. The average molecular weight is 849 g/mol. The van der Waals surface area contributed by atoms with E-state index in [1.807, 2.05) is 24.3 Å². The number of rotatable bonds is 44. The molecule has 0 heterocycles. The molecular weight excluding hydrogens is 757 g/mol. The van der Waals surface area contributed by atoms with Gasteiger partial charge in [0.1, 0.15) is 13.2 Å². The van der Waals surface area contributed by atoms with Gasteiger partial charge < -0.3 is 14.2 Å². The summed E-state index contributed by atoms with van der Waals surface area (Å²) in [6, 6.07) is 0. The van der Waals surface area contributed by atoms with Crippen molar-refractivity contribution in [1.29, 1.82) is 0 Å². The van der Waals surface area contributed by atoms with Crippen LogP contribution in [0.3, 0.4) is 0 Å². The molecule has 1 atom stereocenters. The Morgan fingerprint density at radius 1 is 0.328 bits per heavy atom. The molecule has 0 aromatic carbocycles. The first kappa shape index (κ1) is 57.6. The lowest BCUT2D eigenvalue weighted by Crippen LogP contribution is -2.30. The Bertz CT molecular complexity index is 1200. The summed E-state index contributed by atoms with van der Waals surface area (Å²) in [5.41, 5.74) is 0. The molecule has 0 bridgehead atoms. The zero-order valence-corrected chi connectivity index (χ0v) is 39.7. The van der Waals surface area contributed by atoms with Crippen molar-refractivity contribution < 1.29 is 28.6 Å². The van der Waals surface area contributed by atoms with Gasteiger partial charge in [-0.15, -0.1) is 0 Å². The molecule has 0 spiro atoms. The Labute approximate surface area is 375 Å². The van der Waals surface area contributed by atoms with Gasteiger partial charge in [0.2, 0.25) is 0 Å². The number of esters is 3. The fourth-order valence-corrected chi connectivity index (χ4v) is 6.70. The molecule has 1 unspecified atom stereocenters. The maximum Gasteiger partial charge on any atom is 0.306 e. The molecule has 0 aliphatic carbocycles. The van der Waals surface area contributed by atoms with E-state index in [0.29, 0.717) is 12.8 Å². The first-order valence-electron chi connectivity index (χ1n) is 25.2. The van der Waals surface area contributed by atoms with Gasteiger partial charge in [0.25, 0.3) is 0 Å². The van der Waals surface area contributed by atoms with Crippen molar-refractivity contribution in [1.82, 2.24) is 0 Å². The predicted octanol–water partition coefficient (Wildman–Crippen LogP) is 16.4. The van der Waals surface area contributed by atoms with Crippen LogP contribution in [0.4, 0.5) is 0 Å². The van der Waals surface area contributed by atoms with Crippen LogP contribution in [0.2, 0.25) is 0 Å². The van der Waals surface area contributed by atoms with Gasteiger partial charge in [0, 0.05) is 19.3 Å². The SMILES string of the molecule is CCC\C=C/C=C\C=C/C=C\C=C/CCCCCCCC(=O)OCC(COC(=O)CCCCCCCCCCC)OC(=O)CCCCC/C=C\C=C/CCCCCCCCC. The van der Waals surface area contributed by atoms with Gasteiger partial charge in [-0.1, -0.05) is 228 Å². The standard InChI is InChI=1S/C55H92O6/c1-4-7-10-13-16-19-21-23-25-27-28-30-31-33-36-39-42-45-48-54(57)60-51-52(50-59-53(56)47-44-41-38-35-18-15-12-9-6-3)61-55(58)49-46-43-40-37-34-32-29-26-24-22-20-17-14-11-8-5-2/h10,13,16,19,21,23,25-30,32,34,52H,4-9,11-12,14-15,17-18,20,22,24,31,33,35-51H2,1-3H3/b13-10-,19-16-,23-21-,27-25-,29-26-,30-28-,34-32-. The number of hydrogen-bond acceptors (Lipinski definition) is 6. The lowest BCUT2D eigenvalue weighted by atomic mass is 10.1. The molecule has 0 rings (SSSR count). The van der Waals surface area contributed by atoms with Crippen LogP contribution in [0.5, 0.6) is 0 Å². The van der Waals surface area contributed by atoms with Crippen molar-refractivity contribution in [2.24, 2.45) is 0 Å². The molecule has 0 fully saturated rings. The topological polar surface area (TPSA) is 78.9 Å². The van der Waals surface area contributed by atoms with Gasteiger partial charge in [-0.25, -0.2) is 0 Å². The minimum Gasteiger partial charge on any atom is -0.462 e. The smallest absolute Gasteiger partial charge is 0.306 e. The summed E-state index contributed by atoms with van der Waals surface area (Å²) in [6.45, 7) is 6.47. The number of unbranched alkanes of at least 4 members (excludes halogenated alkanes) is 24. The van der Waals surface area contributed by atoms with E-state index >= 15 is 0 Å².